The van der Waals surface area contributed by atoms with Gasteiger partial charge in [0.25, 0.3) is 0 Å². The molecule has 3 aromatic rings. The Labute approximate surface area is 292 Å². The molecular formula is C36H59N6O6P. The molecular weight excluding hydrogens is 643 g/mol. The van der Waals surface area contributed by atoms with Crippen molar-refractivity contribution in [3.05, 3.63) is 54.4 Å². The molecule has 4 N–H and O–H groups in total. The number of unbranched alkanes of at least 4 members (excludes halogenated alkanes) is 12. The zero-order chi connectivity index (χ0) is 35.0. The highest BCUT2D eigenvalue weighted by molar-refractivity contribution is 7.48. The number of fused-ring (bicyclic) bond motifs is 1. The number of nitrogen functional groups attached to an aromatic ring is 2. The molecule has 1 aromatic carbocycles. The van der Waals surface area contributed by atoms with E-state index in [1.165, 1.54) is 77.0 Å². The molecule has 0 aliphatic rings. The van der Waals surface area contributed by atoms with Gasteiger partial charge in [-0.2, -0.15) is 9.97 Å². The van der Waals surface area contributed by atoms with Crippen LogP contribution in [0.3, 0.4) is 0 Å². The third-order valence-corrected chi connectivity index (χ3v) is 9.40. The third kappa shape index (κ3) is 17.1. The van der Waals surface area contributed by atoms with E-state index in [-0.39, 0.29) is 44.5 Å². The predicted molar refractivity (Wildman–Crippen MR) is 196 cm³/mol. The second-order valence-electron chi connectivity index (χ2n) is 12.4. The quantitative estimate of drug-likeness (QED) is 0.0308. The number of imidazole rings is 1. The van der Waals surface area contributed by atoms with Crippen LogP contribution in [0, 0.1) is 0 Å². The van der Waals surface area contributed by atoms with Crippen LogP contribution in [0.15, 0.2) is 48.8 Å². The van der Waals surface area contributed by atoms with Gasteiger partial charge in [0.1, 0.15) is 5.52 Å². The highest BCUT2D eigenvalue weighted by Gasteiger charge is 2.27. The van der Waals surface area contributed by atoms with Gasteiger partial charge in [-0.1, -0.05) is 107 Å². The lowest BCUT2D eigenvalue weighted by Gasteiger charge is -2.20. The van der Waals surface area contributed by atoms with E-state index in [1.54, 1.807) is 10.9 Å². The first-order chi connectivity index (χ1) is 23.9. The van der Waals surface area contributed by atoms with E-state index in [0.717, 1.165) is 18.4 Å². The number of phosphoric ester groups is 1. The maximum atomic E-state index is 13.5. The predicted octanol–water partition coefficient (Wildman–Crippen LogP) is 8.77. The molecule has 3 rings (SSSR count). The molecule has 12 nitrogen and oxygen atoms in total. The first-order valence-electron chi connectivity index (χ1n) is 18.1. The van der Waals surface area contributed by atoms with Crippen LogP contribution in [0.2, 0.25) is 0 Å². The van der Waals surface area contributed by atoms with Crippen molar-refractivity contribution in [2.75, 3.05) is 38.1 Å². The normalized spacial score (nSPS) is 13.8. The second kappa shape index (κ2) is 24.3. The number of rotatable bonds is 29. The molecule has 0 radical (unpaired) electrons. The van der Waals surface area contributed by atoms with Crippen molar-refractivity contribution in [2.24, 2.45) is 0 Å². The number of anilines is 2. The molecule has 2 aromatic heterocycles. The van der Waals surface area contributed by atoms with Crippen molar-refractivity contribution in [3.63, 3.8) is 0 Å². The van der Waals surface area contributed by atoms with Crippen LogP contribution in [-0.2, 0) is 40.8 Å². The van der Waals surface area contributed by atoms with Crippen molar-refractivity contribution in [1.82, 2.24) is 19.5 Å². The first kappa shape index (κ1) is 40.6. The highest BCUT2D eigenvalue weighted by atomic mass is 31.2. The number of hydrogen-bond donors (Lipinski definition) is 2. The minimum atomic E-state index is -3.94. The molecule has 0 spiro atoms. The topological polar surface area (TPSA) is 159 Å². The molecule has 2 atom stereocenters. The summed E-state index contributed by atoms with van der Waals surface area (Å²) in [7, 11) is -3.94. The van der Waals surface area contributed by atoms with Gasteiger partial charge in [0.2, 0.25) is 5.95 Å². The Morgan fingerprint density at radius 1 is 0.816 bits per heavy atom. The second-order valence-corrected chi connectivity index (χ2v) is 14.0. The van der Waals surface area contributed by atoms with E-state index in [4.69, 9.17) is 34.5 Å². The molecule has 0 amide bonds. The maximum absolute atomic E-state index is 13.5. The fraction of sp³-hybridized carbons (Fsp3) is 0.639. The number of nitrogens with two attached hydrogens (primary N) is 2. The molecule has 0 saturated carbocycles. The number of benzene rings is 1. The van der Waals surface area contributed by atoms with Crippen LogP contribution in [0.1, 0.15) is 109 Å². The maximum Gasteiger partial charge on any atom is 0.477 e. The van der Waals surface area contributed by atoms with Gasteiger partial charge in [-0.15, -0.1) is 0 Å². The van der Waals surface area contributed by atoms with Crippen LogP contribution < -0.4 is 11.5 Å². The molecule has 0 saturated heterocycles. The Kier molecular flexibility index (Phi) is 20.1. The molecule has 0 aliphatic carbocycles. The summed E-state index contributed by atoms with van der Waals surface area (Å²) in [6.07, 6.45) is 23.7. The molecule has 13 heteroatoms. The first-order valence-corrected chi connectivity index (χ1v) is 19.5. The molecule has 2 heterocycles. The monoisotopic (exact) mass is 702 g/mol. The van der Waals surface area contributed by atoms with Crippen molar-refractivity contribution in [2.45, 2.75) is 123 Å². The van der Waals surface area contributed by atoms with E-state index in [2.05, 4.69) is 34.0 Å². The van der Waals surface area contributed by atoms with E-state index in [0.29, 0.717) is 24.3 Å². The van der Waals surface area contributed by atoms with Gasteiger partial charge < -0.3 is 25.5 Å². The average Bonchev–Trinajstić information content (AvgIpc) is 3.49. The molecule has 1 unspecified atom stereocenters. The van der Waals surface area contributed by atoms with Gasteiger partial charge in [0.05, 0.1) is 38.8 Å². The van der Waals surface area contributed by atoms with Gasteiger partial charge in [-0.3, -0.25) is 13.6 Å². The van der Waals surface area contributed by atoms with Crippen LogP contribution in [-0.4, -0.2) is 52.2 Å². The lowest BCUT2D eigenvalue weighted by atomic mass is 10.1. The molecule has 49 heavy (non-hydrogen) atoms. The van der Waals surface area contributed by atoms with Crippen LogP contribution in [0.25, 0.3) is 11.2 Å². The Morgan fingerprint density at radius 2 is 1.49 bits per heavy atom. The summed E-state index contributed by atoms with van der Waals surface area (Å²) in [5.74, 6) is 0.267. The smallest absolute Gasteiger partial charge is 0.382 e. The van der Waals surface area contributed by atoms with Crippen molar-refractivity contribution in [3.8, 4) is 0 Å². The van der Waals surface area contributed by atoms with Crippen LogP contribution in [0.5, 0.6) is 0 Å². The third-order valence-electron chi connectivity index (χ3n) is 8.04. The summed E-state index contributed by atoms with van der Waals surface area (Å²) in [5, 5.41) is 0. The van der Waals surface area contributed by atoms with Gasteiger partial charge in [0.15, 0.2) is 18.3 Å². The zero-order valence-electron chi connectivity index (χ0n) is 29.7. The Balaban J connectivity index is 1.27. The standard InChI is InChI=1S/C36H59N6O6P/c1-3-4-5-6-7-8-9-10-11-12-13-14-15-16-17-21-24-44-25-26-46-49(43,47-28-32-22-19-18-20-23-32)48-30-45-31(2)27-42-29-39-33-34(37)40-36(38)41-35(33)42/h10-11,18-20,22-23,29,31H,3-9,12-17,21,24-28,30H2,1-2H3,(H4,37,38,40,41)/b11-10+/t31-,49?/m1/s1. The summed E-state index contributed by atoms with van der Waals surface area (Å²) in [6, 6.07) is 9.41. The SMILES string of the molecule is CCCCCCCC/C=C/CCCCCCCCOCCOP(=O)(OCO[C@H](C)Cn1cnc2c(N)nc(N)nc21)OCc1ccccc1. The minimum absolute atomic E-state index is 0.0596. The van der Waals surface area contributed by atoms with Gasteiger partial charge >= 0.3 is 7.82 Å². The van der Waals surface area contributed by atoms with Crippen LogP contribution in [0.4, 0.5) is 11.8 Å². The Morgan fingerprint density at radius 3 is 2.20 bits per heavy atom. The number of phosphoric acid groups is 1. The van der Waals surface area contributed by atoms with Gasteiger partial charge in [-0.25, -0.2) is 9.55 Å². The number of ether oxygens (including phenoxy) is 2. The summed E-state index contributed by atoms with van der Waals surface area (Å²) in [6.45, 7) is 5.21. The molecule has 0 aliphatic heterocycles. The lowest BCUT2D eigenvalue weighted by molar-refractivity contribution is -0.0554. The lowest BCUT2D eigenvalue weighted by Crippen LogP contribution is -2.18. The number of nitrogens with zero attached hydrogens (tertiary/aromatic N) is 4. The number of hydrogen-bond acceptors (Lipinski definition) is 11. The summed E-state index contributed by atoms with van der Waals surface area (Å²) in [5.41, 5.74) is 13.4. The summed E-state index contributed by atoms with van der Waals surface area (Å²) < 4.78 is 43.5. The van der Waals surface area contributed by atoms with Crippen LogP contribution >= 0.6 is 7.82 Å². The average molecular weight is 703 g/mol. The fourth-order valence-corrected chi connectivity index (χ4v) is 6.28. The van der Waals surface area contributed by atoms with Gasteiger partial charge in [0, 0.05) is 6.61 Å². The zero-order valence-corrected chi connectivity index (χ0v) is 30.6. The van der Waals surface area contributed by atoms with Crippen molar-refractivity contribution in [1.29, 1.82) is 0 Å². The molecule has 0 bridgehead atoms. The Bertz CT molecular complexity index is 1370. The Hall–Kier alpha value is -2.86. The van der Waals surface area contributed by atoms with Crippen molar-refractivity contribution >= 4 is 30.8 Å². The van der Waals surface area contributed by atoms with E-state index >= 15 is 0 Å². The van der Waals surface area contributed by atoms with E-state index < -0.39 is 7.82 Å². The number of aromatic nitrogens is 4. The summed E-state index contributed by atoms with van der Waals surface area (Å²) >= 11 is 0. The molecule has 274 valence electrons. The van der Waals surface area contributed by atoms with E-state index in [1.807, 2.05) is 37.3 Å². The van der Waals surface area contributed by atoms with Gasteiger partial charge in [-0.05, 0) is 44.6 Å². The minimum Gasteiger partial charge on any atom is -0.382 e. The largest absolute Gasteiger partial charge is 0.477 e. The molecule has 0 fully saturated rings. The highest BCUT2D eigenvalue weighted by Crippen LogP contribution is 2.50. The summed E-state index contributed by atoms with van der Waals surface area (Å²) in [4.78, 5) is 12.4. The fourth-order valence-electron chi connectivity index (χ4n) is 5.26. The van der Waals surface area contributed by atoms with E-state index in [9.17, 15) is 4.57 Å². The number of allylic oxidation sites excluding steroid dienone is 2. The van der Waals surface area contributed by atoms with Crippen molar-refractivity contribution < 1.29 is 27.6 Å².